The molecule has 3 aromatic rings. The summed E-state index contributed by atoms with van der Waals surface area (Å²) in [6, 6.07) is 14.8. The summed E-state index contributed by atoms with van der Waals surface area (Å²) in [7, 11) is -3.58. The van der Waals surface area contributed by atoms with Crippen LogP contribution in [0.3, 0.4) is 0 Å². The van der Waals surface area contributed by atoms with E-state index in [9.17, 15) is 18.0 Å². The number of nitrogens with zero attached hydrogens (tertiary/aromatic N) is 2. The van der Waals surface area contributed by atoms with Crippen LogP contribution in [0.15, 0.2) is 64.0 Å². The van der Waals surface area contributed by atoms with Gasteiger partial charge in [0.1, 0.15) is 17.0 Å². The van der Waals surface area contributed by atoms with Gasteiger partial charge in [-0.1, -0.05) is 41.9 Å². The number of hydrogen-bond donors (Lipinski definition) is 0. The number of rotatable bonds is 7. The van der Waals surface area contributed by atoms with Crippen LogP contribution in [0.4, 0.5) is 0 Å². The van der Waals surface area contributed by atoms with Crippen LogP contribution in [0.25, 0.3) is 11.3 Å². The molecule has 0 aliphatic carbocycles. The Morgan fingerprint density at radius 3 is 2.33 bits per heavy atom. The minimum absolute atomic E-state index is 0.144. The van der Waals surface area contributed by atoms with Crippen molar-refractivity contribution in [3.05, 3.63) is 71.5 Å². The minimum Gasteiger partial charge on any atom is -0.454 e. The van der Waals surface area contributed by atoms with Crippen LogP contribution < -0.4 is 0 Å². The number of Topliss-reactive ketones (excluding diaryl/α,β-unsaturated/α-hetero) is 1. The number of aromatic nitrogens is 1. The van der Waals surface area contributed by atoms with Crippen molar-refractivity contribution in [2.45, 2.75) is 31.1 Å². The number of sulfonamides is 1. The van der Waals surface area contributed by atoms with Gasteiger partial charge in [-0.05, 0) is 44.0 Å². The highest BCUT2D eigenvalue weighted by Gasteiger charge is 2.27. The largest absolute Gasteiger partial charge is 0.454 e. The van der Waals surface area contributed by atoms with Crippen molar-refractivity contribution in [3.63, 3.8) is 0 Å². The molecule has 0 radical (unpaired) electrons. The lowest BCUT2D eigenvalue weighted by atomic mass is 10.1. The number of benzene rings is 2. The molecule has 1 aliphatic rings. The fourth-order valence-electron chi connectivity index (χ4n) is 3.76. The molecule has 0 atom stereocenters. The molecule has 0 amide bonds. The Hall–Kier alpha value is -3.30. The quantitative estimate of drug-likeness (QED) is 0.383. The van der Waals surface area contributed by atoms with Gasteiger partial charge in [0, 0.05) is 24.2 Å². The average Bonchev–Trinajstić information content (AvgIpc) is 3.25. The Labute approximate surface area is 192 Å². The summed E-state index contributed by atoms with van der Waals surface area (Å²) in [5.74, 6) is -0.871. The number of ketones is 1. The van der Waals surface area contributed by atoms with Crippen LogP contribution >= 0.6 is 0 Å². The van der Waals surface area contributed by atoms with E-state index in [1.54, 1.807) is 19.1 Å². The summed E-state index contributed by atoms with van der Waals surface area (Å²) in [6.07, 6.45) is 2.72. The summed E-state index contributed by atoms with van der Waals surface area (Å²) in [4.78, 5) is 25.3. The third-order valence-electron chi connectivity index (χ3n) is 5.58. The number of ether oxygens (including phenoxy) is 1. The molecule has 2 heterocycles. The van der Waals surface area contributed by atoms with Gasteiger partial charge in [0.05, 0.1) is 4.90 Å². The van der Waals surface area contributed by atoms with Crippen LogP contribution in [-0.2, 0) is 14.8 Å². The Morgan fingerprint density at radius 1 is 1.00 bits per heavy atom. The van der Waals surface area contributed by atoms with Crippen molar-refractivity contribution in [2.24, 2.45) is 0 Å². The molecule has 9 heteroatoms. The van der Waals surface area contributed by atoms with E-state index in [1.807, 2.05) is 18.2 Å². The number of carbonyl (C=O) groups is 2. The van der Waals surface area contributed by atoms with E-state index in [0.717, 1.165) is 19.3 Å². The predicted molar refractivity (Wildman–Crippen MR) is 120 cm³/mol. The molecule has 1 aliphatic heterocycles. The van der Waals surface area contributed by atoms with Crippen molar-refractivity contribution >= 4 is 21.8 Å². The van der Waals surface area contributed by atoms with Crippen LogP contribution in [0.2, 0.25) is 0 Å². The molecule has 0 N–H and O–H groups in total. The van der Waals surface area contributed by atoms with E-state index in [4.69, 9.17) is 9.26 Å². The molecule has 1 fully saturated rings. The number of aryl methyl sites for hydroxylation is 1. The lowest BCUT2D eigenvalue weighted by Crippen LogP contribution is -2.35. The molecule has 4 rings (SSSR count). The molecule has 0 unspecified atom stereocenters. The van der Waals surface area contributed by atoms with E-state index < -0.39 is 28.4 Å². The second-order valence-corrected chi connectivity index (χ2v) is 9.75. The van der Waals surface area contributed by atoms with Crippen LogP contribution in [-0.4, -0.2) is 49.3 Å². The van der Waals surface area contributed by atoms with Gasteiger partial charge in [-0.2, -0.15) is 4.31 Å². The number of piperidine rings is 1. The van der Waals surface area contributed by atoms with Gasteiger partial charge in [0.15, 0.2) is 12.4 Å². The second-order valence-electron chi connectivity index (χ2n) is 7.82. The van der Waals surface area contributed by atoms with Crippen molar-refractivity contribution in [1.29, 1.82) is 0 Å². The monoisotopic (exact) mass is 468 g/mol. The van der Waals surface area contributed by atoms with Gasteiger partial charge in [0.2, 0.25) is 10.0 Å². The summed E-state index contributed by atoms with van der Waals surface area (Å²) < 4.78 is 37.4. The predicted octanol–water partition coefficient (Wildman–Crippen LogP) is 3.86. The highest BCUT2D eigenvalue weighted by molar-refractivity contribution is 7.89. The third-order valence-corrected chi connectivity index (χ3v) is 7.49. The summed E-state index contributed by atoms with van der Waals surface area (Å²) in [5, 5.41) is 3.94. The zero-order valence-electron chi connectivity index (χ0n) is 18.2. The van der Waals surface area contributed by atoms with Crippen molar-refractivity contribution in [3.8, 4) is 11.3 Å². The molecule has 1 aromatic heterocycles. The Morgan fingerprint density at radius 2 is 1.67 bits per heavy atom. The van der Waals surface area contributed by atoms with Gasteiger partial charge in [-0.15, -0.1) is 0 Å². The molecule has 172 valence electrons. The van der Waals surface area contributed by atoms with E-state index >= 15 is 0 Å². The van der Waals surface area contributed by atoms with Crippen LogP contribution in [0.1, 0.15) is 45.7 Å². The lowest BCUT2D eigenvalue weighted by Gasteiger charge is -2.25. The maximum atomic E-state index is 12.8. The molecule has 0 spiro atoms. The first-order valence-corrected chi connectivity index (χ1v) is 12.1. The Bertz CT molecular complexity index is 1240. The van der Waals surface area contributed by atoms with E-state index in [-0.39, 0.29) is 16.0 Å². The molecular weight excluding hydrogens is 444 g/mol. The lowest BCUT2D eigenvalue weighted by molar-refractivity contribution is 0.0473. The Kier molecular flexibility index (Phi) is 6.71. The number of esters is 1. The highest BCUT2D eigenvalue weighted by Crippen LogP contribution is 2.26. The molecule has 0 bridgehead atoms. The zero-order chi connectivity index (χ0) is 23.4. The smallest absolute Gasteiger partial charge is 0.344 e. The zero-order valence-corrected chi connectivity index (χ0v) is 19.0. The molecule has 33 heavy (non-hydrogen) atoms. The molecule has 1 saturated heterocycles. The van der Waals surface area contributed by atoms with Crippen molar-refractivity contribution in [1.82, 2.24) is 9.46 Å². The van der Waals surface area contributed by atoms with Crippen molar-refractivity contribution in [2.75, 3.05) is 19.7 Å². The van der Waals surface area contributed by atoms with Gasteiger partial charge < -0.3 is 9.26 Å². The topological polar surface area (TPSA) is 107 Å². The molecular formula is C24H24N2O6S. The van der Waals surface area contributed by atoms with E-state index in [0.29, 0.717) is 30.1 Å². The van der Waals surface area contributed by atoms with Crippen molar-refractivity contribution < 1.29 is 27.3 Å². The first-order chi connectivity index (χ1) is 15.9. The standard InChI is InChI=1S/C24H24N2O6S/c1-17-22(23(25-32-17)19-8-4-2-5-9-19)24(28)31-16-21(27)18-10-12-20(13-11-18)33(29,30)26-14-6-3-7-15-26/h2,4-5,8-13H,3,6-7,14-16H2,1H3. The fourth-order valence-corrected chi connectivity index (χ4v) is 5.28. The molecule has 0 saturated carbocycles. The van der Waals surface area contributed by atoms with Gasteiger partial charge >= 0.3 is 5.97 Å². The average molecular weight is 469 g/mol. The minimum atomic E-state index is -3.58. The summed E-state index contributed by atoms with van der Waals surface area (Å²) in [5.41, 5.74) is 1.46. The maximum Gasteiger partial charge on any atom is 0.344 e. The molecule has 2 aromatic carbocycles. The molecule has 8 nitrogen and oxygen atoms in total. The van der Waals surface area contributed by atoms with Gasteiger partial charge in [-0.25, -0.2) is 13.2 Å². The number of carbonyl (C=O) groups excluding carboxylic acids is 2. The summed E-state index contributed by atoms with van der Waals surface area (Å²) in [6.45, 7) is 2.12. The van der Waals surface area contributed by atoms with E-state index in [2.05, 4.69) is 5.16 Å². The fraction of sp³-hybridized carbons (Fsp3) is 0.292. The van der Waals surface area contributed by atoms with Gasteiger partial charge in [-0.3, -0.25) is 4.79 Å². The van der Waals surface area contributed by atoms with Gasteiger partial charge in [0.25, 0.3) is 0 Å². The normalized spacial score (nSPS) is 14.7. The van der Waals surface area contributed by atoms with Crippen LogP contribution in [0.5, 0.6) is 0 Å². The SMILES string of the molecule is Cc1onc(-c2ccccc2)c1C(=O)OCC(=O)c1ccc(S(=O)(=O)N2CCCCC2)cc1. The van der Waals surface area contributed by atoms with E-state index in [1.165, 1.54) is 28.6 Å². The van der Waals surface area contributed by atoms with Crippen LogP contribution in [0, 0.1) is 6.92 Å². The Balaban J connectivity index is 1.43. The first kappa shape index (κ1) is 22.9. The second kappa shape index (κ2) is 9.68. The number of hydrogen-bond acceptors (Lipinski definition) is 7. The maximum absolute atomic E-state index is 12.8. The summed E-state index contributed by atoms with van der Waals surface area (Å²) >= 11 is 0. The first-order valence-electron chi connectivity index (χ1n) is 10.7. The third kappa shape index (κ3) is 4.89. The highest BCUT2D eigenvalue weighted by atomic mass is 32.2.